The van der Waals surface area contributed by atoms with Crippen LogP contribution >= 0.6 is 22.7 Å². The zero-order valence-electron chi connectivity index (χ0n) is 16.4. The van der Waals surface area contributed by atoms with Gasteiger partial charge in [-0.05, 0) is 42.0 Å². The van der Waals surface area contributed by atoms with Crippen molar-refractivity contribution in [2.24, 2.45) is 0 Å². The molecule has 152 valence electrons. The van der Waals surface area contributed by atoms with Crippen LogP contribution in [0.1, 0.15) is 45.8 Å². The Kier molecular flexibility index (Phi) is 6.46. The SMILES string of the molecule is COc1ccc(CN(C(=O)c2cncs2)C2CCCC2)cc1OCc1cccs1. The predicted octanol–water partition coefficient (Wildman–Crippen LogP) is 5.38. The summed E-state index contributed by atoms with van der Waals surface area (Å²) in [5, 5.41) is 2.04. The van der Waals surface area contributed by atoms with Crippen molar-refractivity contribution in [3.05, 3.63) is 62.7 Å². The zero-order valence-corrected chi connectivity index (χ0v) is 18.0. The molecule has 0 atom stereocenters. The van der Waals surface area contributed by atoms with Gasteiger partial charge < -0.3 is 14.4 Å². The molecule has 0 aliphatic heterocycles. The number of thiophene rings is 1. The van der Waals surface area contributed by atoms with Crippen molar-refractivity contribution in [3.63, 3.8) is 0 Å². The fourth-order valence-corrected chi connectivity index (χ4v) is 4.91. The molecule has 1 amide bonds. The molecule has 1 aromatic carbocycles. The number of hydrogen-bond donors (Lipinski definition) is 0. The number of thiazole rings is 1. The molecule has 5 nitrogen and oxygen atoms in total. The summed E-state index contributed by atoms with van der Waals surface area (Å²) in [6.07, 6.45) is 6.13. The smallest absolute Gasteiger partial charge is 0.266 e. The van der Waals surface area contributed by atoms with E-state index in [1.165, 1.54) is 24.2 Å². The minimum Gasteiger partial charge on any atom is -0.493 e. The zero-order chi connectivity index (χ0) is 20.1. The van der Waals surface area contributed by atoms with Crippen LogP contribution in [-0.2, 0) is 13.2 Å². The number of carbonyl (C=O) groups excluding carboxylic acids is 1. The summed E-state index contributed by atoms with van der Waals surface area (Å²) in [5.41, 5.74) is 2.75. The van der Waals surface area contributed by atoms with Gasteiger partial charge in [-0.25, -0.2) is 0 Å². The number of benzene rings is 1. The van der Waals surface area contributed by atoms with Crippen molar-refractivity contribution in [1.29, 1.82) is 0 Å². The van der Waals surface area contributed by atoms with Gasteiger partial charge in [0.1, 0.15) is 11.5 Å². The molecule has 2 heterocycles. The van der Waals surface area contributed by atoms with E-state index in [2.05, 4.69) is 11.1 Å². The molecule has 0 unspecified atom stereocenters. The predicted molar refractivity (Wildman–Crippen MR) is 116 cm³/mol. The van der Waals surface area contributed by atoms with Crippen LogP contribution in [0, 0.1) is 0 Å². The molecule has 0 radical (unpaired) electrons. The highest BCUT2D eigenvalue weighted by Crippen LogP contribution is 2.32. The Morgan fingerprint density at radius 3 is 2.76 bits per heavy atom. The molecule has 7 heteroatoms. The lowest BCUT2D eigenvalue weighted by Crippen LogP contribution is -2.38. The highest BCUT2D eigenvalue weighted by Gasteiger charge is 2.28. The van der Waals surface area contributed by atoms with Gasteiger partial charge in [-0.3, -0.25) is 9.78 Å². The second-order valence-electron chi connectivity index (χ2n) is 7.09. The van der Waals surface area contributed by atoms with E-state index in [1.807, 2.05) is 34.5 Å². The van der Waals surface area contributed by atoms with Gasteiger partial charge in [-0.15, -0.1) is 22.7 Å². The van der Waals surface area contributed by atoms with Gasteiger partial charge >= 0.3 is 0 Å². The van der Waals surface area contributed by atoms with Crippen molar-refractivity contribution in [2.45, 2.75) is 44.9 Å². The Labute approximate surface area is 178 Å². The van der Waals surface area contributed by atoms with Gasteiger partial charge in [0.25, 0.3) is 5.91 Å². The molecular formula is C22H24N2O3S2. The van der Waals surface area contributed by atoms with Gasteiger partial charge in [-0.1, -0.05) is 25.0 Å². The molecule has 1 saturated carbocycles. The third kappa shape index (κ3) is 4.79. The van der Waals surface area contributed by atoms with E-state index >= 15 is 0 Å². The van der Waals surface area contributed by atoms with Gasteiger partial charge in [-0.2, -0.15) is 0 Å². The van der Waals surface area contributed by atoms with Gasteiger partial charge in [0.2, 0.25) is 0 Å². The average molecular weight is 429 g/mol. The molecule has 2 aromatic heterocycles. The summed E-state index contributed by atoms with van der Waals surface area (Å²) >= 11 is 3.06. The highest BCUT2D eigenvalue weighted by atomic mass is 32.1. The quantitative estimate of drug-likeness (QED) is 0.483. The van der Waals surface area contributed by atoms with Crippen molar-refractivity contribution in [2.75, 3.05) is 7.11 Å². The molecule has 1 aliphatic carbocycles. The van der Waals surface area contributed by atoms with Crippen LogP contribution in [0.5, 0.6) is 11.5 Å². The van der Waals surface area contributed by atoms with Crippen molar-refractivity contribution < 1.29 is 14.3 Å². The first-order valence-electron chi connectivity index (χ1n) is 9.76. The van der Waals surface area contributed by atoms with Crippen molar-refractivity contribution in [1.82, 2.24) is 9.88 Å². The molecule has 0 saturated heterocycles. The van der Waals surface area contributed by atoms with Crippen LogP contribution in [0.3, 0.4) is 0 Å². The van der Waals surface area contributed by atoms with E-state index in [0.717, 1.165) is 23.3 Å². The Bertz CT molecular complexity index is 920. The lowest BCUT2D eigenvalue weighted by Gasteiger charge is -2.29. The van der Waals surface area contributed by atoms with Crippen LogP contribution < -0.4 is 9.47 Å². The topological polar surface area (TPSA) is 51.7 Å². The summed E-state index contributed by atoms with van der Waals surface area (Å²) in [4.78, 5) is 21.1. The molecular weight excluding hydrogens is 404 g/mol. The Balaban J connectivity index is 1.54. The molecule has 0 spiro atoms. The van der Waals surface area contributed by atoms with Gasteiger partial charge in [0.05, 0.1) is 18.8 Å². The van der Waals surface area contributed by atoms with Gasteiger partial charge in [0, 0.05) is 17.5 Å². The Morgan fingerprint density at radius 2 is 2.07 bits per heavy atom. The molecule has 3 aromatic rings. The lowest BCUT2D eigenvalue weighted by molar-refractivity contribution is 0.0669. The van der Waals surface area contributed by atoms with E-state index in [-0.39, 0.29) is 11.9 Å². The number of aromatic nitrogens is 1. The lowest BCUT2D eigenvalue weighted by atomic mass is 10.1. The summed E-state index contributed by atoms with van der Waals surface area (Å²) in [6.45, 7) is 1.06. The summed E-state index contributed by atoms with van der Waals surface area (Å²) in [5.74, 6) is 1.47. The number of carbonyl (C=O) groups is 1. The molecule has 0 N–H and O–H groups in total. The normalized spacial score (nSPS) is 14.1. The van der Waals surface area contributed by atoms with E-state index in [0.29, 0.717) is 29.5 Å². The molecule has 0 bridgehead atoms. The minimum atomic E-state index is 0.0660. The van der Waals surface area contributed by atoms with Crippen molar-refractivity contribution in [3.8, 4) is 11.5 Å². The first kappa shape index (κ1) is 19.9. The monoisotopic (exact) mass is 428 g/mol. The van der Waals surface area contributed by atoms with Crippen LogP contribution in [0.15, 0.2) is 47.4 Å². The van der Waals surface area contributed by atoms with Crippen LogP contribution in [0.4, 0.5) is 0 Å². The number of rotatable bonds is 8. The second-order valence-corrected chi connectivity index (χ2v) is 9.01. The molecule has 1 fully saturated rings. The third-order valence-electron chi connectivity index (χ3n) is 5.20. The number of hydrogen-bond acceptors (Lipinski definition) is 6. The molecule has 29 heavy (non-hydrogen) atoms. The van der Waals surface area contributed by atoms with Crippen LogP contribution in [0.2, 0.25) is 0 Å². The summed E-state index contributed by atoms with van der Waals surface area (Å²) in [7, 11) is 1.64. The third-order valence-corrected chi connectivity index (χ3v) is 6.81. The number of ether oxygens (including phenoxy) is 2. The molecule has 1 aliphatic rings. The van der Waals surface area contributed by atoms with E-state index < -0.39 is 0 Å². The Morgan fingerprint density at radius 1 is 1.21 bits per heavy atom. The minimum absolute atomic E-state index is 0.0660. The number of methoxy groups -OCH3 is 1. The van der Waals surface area contributed by atoms with E-state index in [9.17, 15) is 4.79 Å². The summed E-state index contributed by atoms with van der Waals surface area (Å²) < 4.78 is 11.5. The first-order chi connectivity index (χ1) is 14.2. The largest absolute Gasteiger partial charge is 0.493 e. The Hall–Kier alpha value is -2.38. The average Bonchev–Trinajstić information content (AvgIpc) is 3.52. The fourth-order valence-electron chi connectivity index (χ4n) is 3.72. The standard InChI is InChI=1S/C22H24N2O3S2/c1-26-19-9-8-16(11-20(19)27-14-18-7-4-10-28-18)13-24(17-5-2-3-6-17)22(25)21-12-23-15-29-21/h4,7-12,15,17H,2-3,5-6,13-14H2,1H3. The maximum atomic E-state index is 13.1. The first-order valence-corrected chi connectivity index (χ1v) is 11.5. The van der Waals surface area contributed by atoms with Crippen LogP contribution in [0.25, 0.3) is 0 Å². The maximum absolute atomic E-state index is 13.1. The van der Waals surface area contributed by atoms with Crippen molar-refractivity contribution >= 4 is 28.6 Å². The second kappa shape index (κ2) is 9.41. The van der Waals surface area contributed by atoms with E-state index in [1.54, 1.807) is 30.2 Å². The number of nitrogens with zero attached hydrogens (tertiary/aromatic N) is 2. The van der Waals surface area contributed by atoms with E-state index in [4.69, 9.17) is 9.47 Å². The molecule has 4 rings (SSSR count). The fraction of sp³-hybridized carbons (Fsp3) is 0.364. The number of amides is 1. The highest BCUT2D eigenvalue weighted by molar-refractivity contribution is 7.11. The van der Waals surface area contributed by atoms with Crippen LogP contribution in [-0.4, -0.2) is 28.9 Å². The maximum Gasteiger partial charge on any atom is 0.266 e. The summed E-state index contributed by atoms with van der Waals surface area (Å²) in [6, 6.07) is 10.3. The van der Waals surface area contributed by atoms with Gasteiger partial charge in [0.15, 0.2) is 11.5 Å².